The van der Waals surface area contributed by atoms with Crippen LogP contribution >= 0.6 is 0 Å². The summed E-state index contributed by atoms with van der Waals surface area (Å²) in [5.41, 5.74) is 4.75. The van der Waals surface area contributed by atoms with E-state index in [0.717, 1.165) is 32.1 Å². The lowest BCUT2D eigenvalue weighted by molar-refractivity contribution is -0.132. The molecule has 6 nitrogen and oxygen atoms in total. The van der Waals surface area contributed by atoms with Gasteiger partial charge in [-0.1, -0.05) is 24.4 Å². The van der Waals surface area contributed by atoms with E-state index in [4.69, 9.17) is 15.7 Å². The number of hydrogen-bond donors (Lipinski definition) is 3. The first-order valence-electron chi connectivity index (χ1n) is 7.41. The average molecular weight is 283 g/mol. The minimum Gasteiger partial charge on any atom is -0.409 e. The molecule has 0 radical (unpaired) electrons. The van der Waals surface area contributed by atoms with Crippen LogP contribution in [0.3, 0.4) is 0 Å². The first-order chi connectivity index (χ1) is 9.52. The van der Waals surface area contributed by atoms with Gasteiger partial charge in [0.1, 0.15) is 5.41 Å². The van der Waals surface area contributed by atoms with E-state index in [1.54, 1.807) is 0 Å². The summed E-state index contributed by atoms with van der Waals surface area (Å²) >= 11 is 0. The van der Waals surface area contributed by atoms with Crippen molar-refractivity contribution in [3.63, 3.8) is 0 Å². The standard InChI is InChI=1S/C14H25N3O3/c1-13(7-9-20-10-8-13)16-12(18)14(11(15)17-19)5-3-2-4-6-14/h19H,2-10H2,1H3,(H2,15,17)(H,16,18). The average Bonchev–Trinajstić information content (AvgIpc) is 2.47. The van der Waals surface area contributed by atoms with Gasteiger partial charge in [-0.15, -0.1) is 0 Å². The normalized spacial score (nSPS) is 25.9. The van der Waals surface area contributed by atoms with E-state index >= 15 is 0 Å². The molecule has 1 saturated carbocycles. The minimum absolute atomic E-state index is 0.0466. The fraction of sp³-hybridized carbons (Fsp3) is 0.857. The van der Waals surface area contributed by atoms with E-state index in [1.807, 2.05) is 6.92 Å². The van der Waals surface area contributed by atoms with Crippen LogP contribution in [0.2, 0.25) is 0 Å². The second-order valence-corrected chi connectivity index (χ2v) is 6.26. The van der Waals surface area contributed by atoms with Gasteiger partial charge in [0.25, 0.3) is 0 Å². The summed E-state index contributed by atoms with van der Waals surface area (Å²) in [6, 6.07) is 0. The summed E-state index contributed by atoms with van der Waals surface area (Å²) in [5, 5.41) is 15.3. The fourth-order valence-electron chi connectivity index (χ4n) is 3.19. The Morgan fingerprint density at radius 2 is 1.80 bits per heavy atom. The number of carbonyl (C=O) groups is 1. The van der Waals surface area contributed by atoms with Crippen LogP contribution in [0.15, 0.2) is 5.16 Å². The van der Waals surface area contributed by atoms with E-state index in [-0.39, 0.29) is 17.3 Å². The third-order valence-corrected chi connectivity index (χ3v) is 4.75. The molecule has 1 amide bonds. The third kappa shape index (κ3) is 2.90. The largest absolute Gasteiger partial charge is 0.409 e. The molecule has 114 valence electrons. The SMILES string of the molecule is CC1(NC(=O)C2(C(N)=NO)CCCCC2)CCOCC1. The zero-order chi connectivity index (χ0) is 14.6. The smallest absolute Gasteiger partial charge is 0.234 e. The van der Waals surface area contributed by atoms with Crippen LogP contribution in [0.1, 0.15) is 51.9 Å². The van der Waals surface area contributed by atoms with Gasteiger partial charge in [-0.05, 0) is 32.6 Å². The minimum atomic E-state index is -0.839. The Bertz CT molecular complexity index is 383. The summed E-state index contributed by atoms with van der Waals surface area (Å²) in [5.74, 6) is -0.0535. The number of carbonyl (C=O) groups excluding carboxylic acids is 1. The predicted molar refractivity (Wildman–Crippen MR) is 75.5 cm³/mol. The molecule has 0 bridgehead atoms. The topological polar surface area (TPSA) is 96.9 Å². The Hall–Kier alpha value is -1.30. The van der Waals surface area contributed by atoms with Gasteiger partial charge in [0.15, 0.2) is 5.84 Å². The molecule has 2 aliphatic rings. The van der Waals surface area contributed by atoms with Crippen LogP contribution in [0, 0.1) is 5.41 Å². The van der Waals surface area contributed by atoms with Crippen LogP contribution in [-0.2, 0) is 9.53 Å². The maximum absolute atomic E-state index is 12.8. The molecule has 20 heavy (non-hydrogen) atoms. The Morgan fingerprint density at radius 1 is 1.20 bits per heavy atom. The lowest BCUT2D eigenvalue weighted by Gasteiger charge is -2.40. The summed E-state index contributed by atoms with van der Waals surface area (Å²) < 4.78 is 5.35. The molecule has 2 fully saturated rings. The monoisotopic (exact) mass is 283 g/mol. The molecule has 2 rings (SSSR count). The number of nitrogens with two attached hydrogens (primary N) is 1. The molecule has 0 aromatic heterocycles. The van der Waals surface area contributed by atoms with E-state index in [1.165, 1.54) is 0 Å². The van der Waals surface area contributed by atoms with Gasteiger partial charge >= 0.3 is 0 Å². The van der Waals surface area contributed by atoms with Gasteiger partial charge in [0, 0.05) is 18.8 Å². The number of hydrogen-bond acceptors (Lipinski definition) is 4. The number of ether oxygens (including phenoxy) is 1. The molecular formula is C14H25N3O3. The molecular weight excluding hydrogens is 258 g/mol. The van der Waals surface area contributed by atoms with E-state index in [2.05, 4.69) is 10.5 Å². The van der Waals surface area contributed by atoms with Crippen molar-refractivity contribution in [3.8, 4) is 0 Å². The second-order valence-electron chi connectivity index (χ2n) is 6.26. The van der Waals surface area contributed by atoms with Gasteiger partial charge < -0.3 is 21.0 Å². The number of oxime groups is 1. The molecule has 1 heterocycles. The van der Waals surface area contributed by atoms with Crippen LogP contribution in [-0.4, -0.2) is 35.7 Å². The number of rotatable bonds is 3. The van der Waals surface area contributed by atoms with Gasteiger partial charge in [0.05, 0.1) is 0 Å². The quantitative estimate of drug-likeness (QED) is 0.315. The number of nitrogens with zero attached hydrogens (tertiary/aromatic N) is 1. The van der Waals surface area contributed by atoms with Crippen molar-refractivity contribution in [3.05, 3.63) is 0 Å². The molecule has 1 saturated heterocycles. The molecule has 6 heteroatoms. The van der Waals surface area contributed by atoms with E-state index in [9.17, 15) is 4.79 Å². The Kier molecular flexibility index (Phi) is 4.52. The highest BCUT2D eigenvalue weighted by molar-refractivity contribution is 6.07. The highest BCUT2D eigenvalue weighted by atomic mass is 16.5. The predicted octanol–water partition coefficient (Wildman–Crippen LogP) is 1.37. The Morgan fingerprint density at radius 3 is 2.35 bits per heavy atom. The van der Waals surface area contributed by atoms with Gasteiger partial charge in [-0.3, -0.25) is 4.79 Å². The van der Waals surface area contributed by atoms with Crippen molar-refractivity contribution in [2.24, 2.45) is 16.3 Å². The van der Waals surface area contributed by atoms with Crippen molar-refractivity contribution in [2.75, 3.05) is 13.2 Å². The van der Waals surface area contributed by atoms with Crippen LogP contribution < -0.4 is 11.1 Å². The summed E-state index contributed by atoms with van der Waals surface area (Å²) in [7, 11) is 0. The number of amides is 1. The van der Waals surface area contributed by atoms with Crippen molar-refractivity contribution in [1.29, 1.82) is 0 Å². The highest BCUT2D eigenvalue weighted by Crippen LogP contribution is 2.37. The molecule has 0 spiro atoms. The lowest BCUT2D eigenvalue weighted by Crippen LogP contribution is -2.58. The zero-order valence-electron chi connectivity index (χ0n) is 12.2. The molecule has 1 aliphatic carbocycles. The van der Waals surface area contributed by atoms with E-state index < -0.39 is 5.41 Å². The Balaban J connectivity index is 2.14. The summed E-state index contributed by atoms with van der Waals surface area (Å²) in [6.45, 7) is 3.36. The van der Waals surface area contributed by atoms with Crippen molar-refractivity contribution in [1.82, 2.24) is 5.32 Å². The molecule has 1 aliphatic heterocycles. The van der Waals surface area contributed by atoms with Crippen molar-refractivity contribution >= 4 is 11.7 Å². The first-order valence-corrected chi connectivity index (χ1v) is 7.41. The first kappa shape index (κ1) is 15.1. The molecule has 0 atom stereocenters. The van der Waals surface area contributed by atoms with Crippen molar-refractivity contribution in [2.45, 2.75) is 57.4 Å². The maximum atomic E-state index is 12.8. The molecule has 4 N–H and O–H groups in total. The van der Waals surface area contributed by atoms with Crippen LogP contribution in [0.5, 0.6) is 0 Å². The third-order valence-electron chi connectivity index (χ3n) is 4.75. The summed E-state index contributed by atoms with van der Waals surface area (Å²) in [4.78, 5) is 12.8. The lowest BCUT2D eigenvalue weighted by atomic mass is 9.71. The van der Waals surface area contributed by atoms with Crippen molar-refractivity contribution < 1.29 is 14.7 Å². The number of nitrogens with one attached hydrogen (secondary N) is 1. The van der Waals surface area contributed by atoms with E-state index in [0.29, 0.717) is 26.1 Å². The highest BCUT2D eigenvalue weighted by Gasteiger charge is 2.46. The van der Waals surface area contributed by atoms with Gasteiger partial charge in [0.2, 0.25) is 5.91 Å². The van der Waals surface area contributed by atoms with Gasteiger partial charge in [-0.2, -0.15) is 0 Å². The Labute approximate surface area is 119 Å². The zero-order valence-corrected chi connectivity index (χ0v) is 12.2. The summed E-state index contributed by atoms with van der Waals surface area (Å²) in [6.07, 6.45) is 5.87. The molecule has 0 aromatic carbocycles. The molecule has 0 aromatic rings. The van der Waals surface area contributed by atoms with Crippen LogP contribution in [0.25, 0.3) is 0 Å². The number of amidine groups is 1. The molecule has 0 unspecified atom stereocenters. The van der Waals surface area contributed by atoms with Gasteiger partial charge in [-0.25, -0.2) is 0 Å². The second kappa shape index (κ2) is 5.99. The fourth-order valence-corrected chi connectivity index (χ4v) is 3.19. The maximum Gasteiger partial charge on any atom is 0.234 e. The van der Waals surface area contributed by atoms with Crippen LogP contribution in [0.4, 0.5) is 0 Å².